The number of benzene rings is 1. The van der Waals surface area contributed by atoms with Gasteiger partial charge in [0, 0.05) is 18.8 Å². The van der Waals surface area contributed by atoms with Gasteiger partial charge in [0.25, 0.3) is 0 Å². The Morgan fingerprint density at radius 1 is 1.17 bits per heavy atom. The minimum absolute atomic E-state index is 0.0589. The average Bonchev–Trinajstić information content (AvgIpc) is 3.24. The van der Waals surface area contributed by atoms with Crippen molar-refractivity contribution in [3.8, 4) is 0 Å². The van der Waals surface area contributed by atoms with Crippen LogP contribution in [-0.4, -0.2) is 73.0 Å². The van der Waals surface area contributed by atoms with Crippen molar-refractivity contribution in [3.05, 3.63) is 30.1 Å². The van der Waals surface area contributed by atoms with E-state index < -0.39 is 12.1 Å². The van der Waals surface area contributed by atoms with Gasteiger partial charge in [-0.25, -0.2) is 9.18 Å². The highest BCUT2D eigenvalue weighted by molar-refractivity contribution is 5.89. The van der Waals surface area contributed by atoms with Crippen molar-refractivity contribution in [3.63, 3.8) is 0 Å². The lowest BCUT2D eigenvalue weighted by atomic mass is 9.97. The Kier molecular flexibility index (Phi) is 8.41. The number of aliphatic hydroxyl groups excluding tert-OH is 1. The van der Waals surface area contributed by atoms with Gasteiger partial charge in [0.1, 0.15) is 11.9 Å². The topological polar surface area (TPSA) is 103 Å². The van der Waals surface area contributed by atoms with E-state index in [9.17, 15) is 19.1 Å². The Morgan fingerprint density at radius 3 is 2.60 bits per heavy atom. The molecule has 0 saturated carbocycles. The van der Waals surface area contributed by atoms with E-state index >= 15 is 0 Å². The van der Waals surface area contributed by atoms with Gasteiger partial charge in [0.2, 0.25) is 5.91 Å². The van der Waals surface area contributed by atoms with Gasteiger partial charge in [-0.1, -0.05) is 0 Å². The minimum Gasteiger partial charge on any atom is -0.394 e. The van der Waals surface area contributed by atoms with Crippen LogP contribution in [-0.2, 0) is 9.53 Å². The molecular formula is C21H31FN4O4. The molecule has 2 aliphatic rings. The van der Waals surface area contributed by atoms with Crippen LogP contribution in [0.1, 0.15) is 32.1 Å². The first-order chi connectivity index (χ1) is 14.5. The van der Waals surface area contributed by atoms with Crippen LogP contribution in [0.3, 0.4) is 0 Å². The van der Waals surface area contributed by atoms with Gasteiger partial charge in [0.15, 0.2) is 0 Å². The second-order valence-electron chi connectivity index (χ2n) is 7.87. The maximum absolute atomic E-state index is 13.0. The predicted octanol–water partition coefficient (Wildman–Crippen LogP) is 1.46. The molecule has 0 radical (unpaired) electrons. The number of hydrogen-bond acceptors (Lipinski definition) is 5. The van der Waals surface area contributed by atoms with Gasteiger partial charge in [-0.2, -0.15) is 0 Å². The summed E-state index contributed by atoms with van der Waals surface area (Å²) in [7, 11) is 0. The quantitative estimate of drug-likeness (QED) is 0.508. The summed E-state index contributed by atoms with van der Waals surface area (Å²) in [5, 5.41) is 18.0. The highest BCUT2D eigenvalue weighted by atomic mass is 19.1. The molecule has 0 aliphatic carbocycles. The standard InChI is InChI=1S/C21H31FN4O4/c22-15-3-5-16(6-4-15)24-21(29)25-18-8-7-17(30-19(18)14-27)13-20(28)23-9-12-26-10-1-2-11-26/h3-6,17-19,27H,1-2,7-14H2,(H,23,28)(H2,24,25,29)/t17-,18-,19+/m0/s1. The van der Waals surface area contributed by atoms with E-state index in [0.717, 1.165) is 19.6 Å². The van der Waals surface area contributed by atoms with Gasteiger partial charge >= 0.3 is 6.03 Å². The molecule has 3 rings (SSSR count). The second-order valence-corrected chi connectivity index (χ2v) is 7.87. The summed E-state index contributed by atoms with van der Waals surface area (Å²) in [5.74, 6) is -0.440. The van der Waals surface area contributed by atoms with E-state index in [1.165, 1.54) is 37.1 Å². The third-order valence-electron chi connectivity index (χ3n) is 5.58. The Hall–Kier alpha value is -2.23. The fourth-order valence-corrected chi connectivity index (χ4v) is 3.95. The van der Waals surface area contributed by atoms with Crippen molar-refractivity contribution >= 4 is 17.6 Å². The lowest BCUT2D eigenvalue weighted by Crippen LogP contribution is -2.52. The summed E-state index contributed by atoms with van der Waals surface area (Å²) < 4.78 is 18.8. The van der Waals surface area contributed by atoms with Crippen molar-refractivity contribution in [1.82, 2.24) is 15.5 Å². The zero-order chi connectivity index (χ0) is 21.3. The van der Waals surface area contributed by atoms with Crippen LogP contribution in [0.25, 0.3) is 0 Å². The first-order valence-corrected chi connectivity index (χ1v) is 10.6. The molecule has 0 bridgehead atoms. The lowest BCUT2D eigenvalue weighted by molar-refractivity contribution is -0.130. The predicted molar refractivity (Wildman–Crippen MR) is 111 cm³/mol. The Balaban J connectivity index is 1.38. The molecule has 166 valence electrons. The number of nitrogens with one attached hydrogen (secondary N) is 3. The highest BCUT2D eigenvalue weighted by Crippen LogP contribution is 2.22. The number of rotatable bonds is 8. The van der Waals surface area contributed by atoms with E-state index in [2.05, 4.69) is 20.9 Å². The molecule has 0 spiro atoms. The molecule has 2 heterocycles. The van der Waals surface area contributed by atoms with Crippen LogP contribution in [0.5, 0.6) is 0 Å². The molecule has 0 aromatic heterocycles. The van der Waals surface area contributed by atoms with Gasteiger partial charge in [-0.15, -0.1) is 0 Å². The van der Waals surface area contributed by atoms with Gasteiger partial charge in [-0.05, 0) is 63.0 Å². The van der Waals surface area contributed by atoms with Gasteiger partial charge in [-0.3, -0.25) is 4.79 Å². The summed E-state index contributed by atoms with van der Waals surface area (Å²) in [6, 6.07) is 4.63. The molecule has 9 heteroatoms. The fraction of sp³-hybridized carbons (Fsp3) is 0.619. The summed E-state index contributed by atoms with van der Waals surface area (Å²) >= 11 is 0. The zero-order valence-corrected chi connectivity index (χ0v) is 17.1. The number of amides is 3. The van der Waals surface area contributed by atoms with Crippen LogP contribution in [0.4, 0.5) is 14.9 Å². The molecule has 2 fully saturated rings. The third kappa shape index (κ3) is 6.93. The summed E-state index contributed by atoms with van der Waals surface area (Å²) in [5.41, 5.74) is 0.467. The van der Waals surface area contributed by atoms with Crippen molar-refractivity contribution in [2.75, 3.05) is 38.1 Å². The molecule has 2 aliphatic heterocycles. The molecule has 4 N–H and O–H groups in total. The summed E-state index contributed by atoms with van der Waals surface area (Å²) in [4.78, 5) is 26.7. The van der Waals surface area contributed by atoms with E-state index in [1.807, 2.05) is 0 Å². The van der Waals surface area contributed by atoms with Crippen molar-refractivity contribution < 1.29 is 23.8 Å². The summed E-state index contributed by atoms with van der Waals surface area (Å²) in [6.07, 6.45) is 3.02. The van der Waals surface area contributed by atoms with E-state index in [-0.39, 0.29) is 36.9 Å². The van der Waals surface area contributed by atoms with E-state index in [4.69, 9.17) is 4.74 Å². The summed E-state index contributed by atoms with van der Waals surface area (Å²) in [6.45, 7) is 3.44. The molecule has 0 unspecified atom stereocenters. The Morgan fingerprint density at radius 2 is 1.90 bits per heavy atom. The molecule has 30 heavy (non-hydrogen) atoms. The average molecular weight is 423 g/mol. The maximum atomic E-state index is 13.0. The SMILES string of the molecule is O=C(C[C@@H]1CC[C@H](NC(=O)Nc2ccc(F)cc2)[C@@H](CO)O1)NCCN1CCCC1. The van der Waals surface area contributed by atoms with Crippen LogP contribution in [0.2, 0.25) is 0 Å². The number of hydrogen-bond donors (Lipinski definition) is 4. The van der Waals surface area contributed by atoms with Gasteiger partial charge in [0.05, 0.1) is 25.2 Å². The molecular weight excluding hydrogens is 391 g/mol. The number of halogens is 1. The lowest BCUT2D eigenvalue weighted by Gasteiger charge is -2.36. The van der Waals surface area contributed by atoms with Crippen LogP contribution < -0.4 is 16.0 Å². The molecule has 2 saturated heterocycles. The van der Waals surface area contributed by atoms with E-state index in [0.29, 0.717) is 25.1 Å². The van der Waals surface area contributed by atoms with Crippen LogP contribution >= 0.6 is 0 Å². The molecule has 3 amide bonds. The number of carbonyl (C=O) groups excluding carboxylic acids is 2. The number of carbonyl (C=O) groups is 2. The van der Waals surface area contributed by atoms with E-state index in [1.54, 1.807) is 0 Å². The maximum Gasteiger partial charge on any atom is 0.319 e. The highest BCUT2D eigenvalue weighted by Gasteiger charge is 2.32. The Bertz CT molecular complexity index is 697. The molecule has 3 atom stereocenters. The van der Waals surface area contributed by atoms with Crippen molar-refractivity contribution in [1.29, 1.82) is 0 Å². The van der Waals surface area contributed by atoms with Crippen LogP contribution in [0, 0.1) is 5.82 Å². The molecule has 1 aromatic rings. The first kappa shape index (κ1) is 22.5. The number of urea groups is 1. The fourth-order valence-electron chi connectivity index (χ4n) is 3.95. The Labute approximate surface area is 176 Å². The number of anilines is 1. The third-order valence-corrected chi connectivity index (χ3v) is 5.58. The smallest absolute Gasteiger partial charge is 0.319 e. The van der Waals surface area contributed by atoms with Gasteiger partial charge < -0.3 is 30.7 Å². The normalized spacial score (nSPS) is 24.4. The second kappa shape index (κ2) is 11.2. The molecule has 8 nitrogen and oxygen atoms in total. The largest absolute Gasteiger partial charge is 0.394 e. The number of likely N-dealkylation sites (tertiary alicyclic amines) is 1. The zero-order valence-electron chi connectivity index (χ0n) is 17.1. The number of ether oxygens (including phenoxy) is 1. The number of nitrogens with zero attached hydrogens (tertiary/aromatic N) is 1. The van der Waals surface area contributed by atoms with Crippen molar-refractivity contribution in [2.24, 2.45) is 0 Å². The molecule has 1 aromatic carbocycles. The number of aliphatic hydroxyl groups is 1. The minimum atomic E-state index is -0.583. The van der Waals surface area contributed by atoms with Crippen molar-refractivity contribution in [2.45, 2.75) is 50.4 Å². The van der Waals surface area contributed by atoms with Crippen LogP contribution in [0.15, 0.2) is 24.3 Å². The first-order valence-electron chi connectivity index (χ1n) is 10.6. The monoisotopic (exact) mass is 422 g/mol.